The number of phenols is 2. The van der Waals surface area contributed by atoms with Gasteiger partial charge in [0.1, 0.15) is 29.1 Å². The summed E-state index contributed by atoms with van der Waals surface area (Å²) in [5, 5.41) is 23.0. The number of carbonyl (C=O) groups is 1. The Morgan fingerprint density at radius 2 is 1.35 bits per heavy atom. The number of benzene rings is 3. The number of aromatic nitrogens is 2. The number of unbranched alkanes of at least 4 members (excludes halogenated alkanes) is 10. The molecule has 6 heteroatoms. The number of anilines is 1. The number of fused-ring (bicyclic) bond motifs is 1. The Kier molecular flexibility index (Phi) is 11.8. The van der Waals surface area contributed by atoms with Gasteiger partial charge in [-0.25, -0.2) is 9.78 Å². The van der Waals surface area contributed by atoms with E-state index in [1.165, 1.54) is 57.8 Å². The van der Waals surface area contributed by atoms with Crippen LogP contribution in [0.4, 0.5) is 5.82 Å². The summed E-state index contributed by atoms with van der Waals surface area (Å²) < 4.78 is 1.67. The van der Waals surface area contributed by atoms with Crippen LogP contribution in [0.15, 0.2) is 79.0 Å². The molecular formula is C40H46N3O3+. The molecule has 1 unspecified atom stereocenters. The van der Waals surface area contributed by atoms with E-state index in [-0.39, 0.29) is 17.4 Å². The average molecular weight is 617 g/mol. The van der Waals surface area contributed by atoms with E-state index in [1.807, 2.05) is 24.3 Å². The van der Waals surface area contributed by atoms with Crippen LogP contribution in [-0.4, -0.2) is 27.1 Å². The summed E-state index contributed by atoms with van der Waals surface area (Å²) in [5.41, 5.74) is 5.22. The van der Waals surface area contributed by atoms with Crippen LogP contribution in [-0.2, 0) is 12.8 Å². The quantitative estimate of drug-likeness (QED) is 0.0710. The van der Waals surface area contributed by atoms with Gasteiger partial charge in [0.05, 0.1) is 0 Å². The van der Waals surface area contributed by atoms with Gasteiger partial charge in [0, 0.05) is 30.4 Å². The lowest BCUT2D eigenvalue weighted by atomic mass is 10.0. The maximum atomic E-state index is 13.7. The third-order valence-electron chi connectivity index (χ3n) is 8.62. The van der Waals surface area contributed by atoms with Crippen molar-refractivity contribution in [2.45, 2.75) is 96.4 Å². The second kappa shape index (κ2) is 16.6. The first-order valence-corrected chi connectivity index (χ1v) is 16.9. The number of rotatable bonds is 15. The first kappa shape index (κ1) is 32.8. The topological polar surface area (TPSA) is 86.3 Å². The van der Waals surface area contributed by atoms with Crippen LogP contribution in [0.1, 0.15) is 105 Å². The van der Waals surface area contributed by atoms with Crippen molar-refractivity contribution in [2.75, 3.05) is 5.32 Å². The molecule has 4 aromatic rings. The molecule has 0 amide bonds. The van der Waals surface area contributed by atoms with Crippen molar-refractivity contribution in [1.29, 1.82) is 0 Å². The number of carbonyl (C=O) groups excluding carboxylic acids is 1. The van der Waals surface area contributed by atoms with E-state index in [9.17, 15) is 15.0 Å². The molecule has 0 fully saturated rings. The zero-order valence-corrected chi connectivity index (χ0v) is 27.0. The van der Waals surface area contributed by atoms with E-state index in [0.29, 0.717) is 24.4 Å². The number of nitrogens with one attached hydrogen (secondary N) is 1. The number of hydrogen-bond acceptors (Lipinski definition) is 5. The molecule has 3 aromatic carbocycles. The Hall–Kier alpha value is -4.63. The van der Waals surface area contributed by atoms with Crippen LogP contribution in [0, 0.1) is 11.8 Å². The Balaban J connectivity index is 1.18. The number of nitrogens with zero attached hydrogens (tertiary/aromatic N) is 2. The maximum absolute atomic E-state index is 13.7. The van der Waals surface area contributed by atoms with Gasteiger partial charge >= 0.3 is 11.7 Å². The molecule has 2 heterocycles. The van der Waals surface area contributed by atoms with Crippen molar-refractivity contribution in [3.8, 4) is 34.6 Å². The maximum Gasteiger partial charge on any atom is 0.359 e. The molecule has 3 N–H and O–H groups in total. The first-order chi connectivity index (χ1) is 22.5. The van der Waals surface area contributed by atoms with Crippen molar-refractivity contribution in [2.24, 2.45) is 0 Å². The van der Waals surface area contributed by atoms with Crippen molar-refractivity contribution >= 4 is 11.7 Å². The monoisotopic (exact) mass is 616 g/mol. The van der Waals surface area contributed by atoms with Crippen LogP contribution in [0.2, 0.25) is 0 Å². The molecule has 0 radical (unpaired) electrons. The second-order valence-electron chi connectivity index (χ2n) is 12.4. The SMILES string of the molecule is CCCCCCCCCCCCC#Cc1ccc(CC2Nc3c(Cc4ccc(O)cc4)nc(-c4ccc(O)cc4)c[n+]3C2=O)cc1. The highest BCUT2D eigenvalue weighted by atomic mass is 16.3. The number of hydrogen-bond donors (Lipinski definition) is 3. The molecule has 1 atom stereocenters. The normalized spacial score (nSPS) is 13.6. The van der Waals surface area contributed by atoms with Crippen LogP contribution >= 0.6 is 0 Å². The molecule has 1 aromatic heterocycles. The molecule has 46 heavy (non-hydrogen) atoms. The van der Waals surface area contributed by atoms with Crippen LogP contribution in [0.25, 0.3) is 11.3 Å². The van der Waals surface area contributed by atoms with Gasteiger partial charge in [-0.15, -0.1) is 0 Å². The molecule has 0 saturated heterocycles. The third kappa shape index (κ3) is 9.20. The summed E-state index contributed by atoms with van der Waals surface area (Å²) in [6.45, 7) is 2.27. The Morgan fingerprint density at radius 3 is 2.00 bits per heavy atom. The Bertz CT molecular complexity index is 1640. The van der Waals surface area contributed by atoms with Gasteiger partial charge in [0.2, 0.25) is 0 Å². The predicted octanol–water partition coefficient (Wildman–Crippen LogP) is 8.38. The molecule has 0 aliphatic carbocycles. The zero-order chi connectivity index (χ0) is 32.1. The summed E-state index contributed by atoms with van der Waals surface area (Å²) in [6.07, 6.45) is 17.0. The molecule has 0 saturated carbocycles. The van der Waals surface area contributed by atoms with Crippen molar-refractivity contribution in [3.63, 3.8) is 0 Å². The lowest BCUT2D eigenvalue weighted by molar-refractivity contribution is -0.552. The smallest absolute Gasteiger partial charge is 0.359 e. The zero-order valence-electron chi connectivity index (χ0n) is 27.0. The summed E-state index contributed by atoms with van der Waals surface area (Å²) >= 11 is 0. The molecule has 0 spiro atoms. The van der Waals surface area contributed by atoms with E-state index < -0.39 is 6.04 Å². The van der Waals surface area contributed by atoms with Gasteiger partial charge < -0.3 is 10.2 Å². The standard InChI is InChI=1S/C40H45N3O3/c1-2-3-4-5-6-7-8-9-10-11-12-13-14-30-15-17-31(18-16-30)28-37-40(46)43-29-38(33-21-25-35(45)26-22-33)41-36(39(43)42-37)27-32-19-23-34(44)24-20-32/h15-26,29,37,44-45H,2-12,27-28H2,1H3/p+1. The van der Waals surface area contributed by atoms with Crippen molar-refractivity contribution in [1.82, 2.24) is 4.98 Å². The highest BCUT2D eigenvalue weighted by Crippen LogP contribution is 2.26. The van der Waals surface area contributed by atoms with Gasteiger partial charge in [0.25, 0.3) is 0 Å². The minimum absolute atomic E-state index is 0.0373. The molecular weight excluding hydrogens is 570 g/mol. The van der Waals surface area contributed by atoms with E-state index in [2.05, 4.69) is 36.2 Å². The third-order valence-corrected chi connectivity index (χ3v) is 8.62. The first-order valence-electron chi connectivity index (χ1n) is 16.9. The highest BCUT2D eigenvalue weighted by molar-refractivity contribution is 5.82. The molecule has 6 nitrogen and oxygen atoms in total. The molecule has 1 aliphatic rings. The predicted molar refractivity (Wildman–Crippen MR) is 184 cm³/mol. The van der Waals surface area contributed by atoms with Gasteiger partial charge in [0.15, 0.2) is 6.04 Å². The summed E-state index contributed by atoms with van der Waals surface area (Å²) in [6, 6.07) is 21.6. The van der Waals surface area contributed by atoms with Gasteiger partial charge in [-0.3, -0.25) is 5.32 Å². The molecule has 0 bridgehead atoms. The largest absolute Gasteiger partial charge is 0.508 e. The number of aromatic hydroxyl groups is 2. The average Bonchev–Trinajstić information content (AvgIpc) is 3.38. The lowest BCUT2D eigenvalue weighted by Gasteiger charge is -2.07. The second-order valence-corrected chi connectivity index (χ2v) is 12.4. The van der Waals surface area contributed by atoms with Gasteiger partial charge in [-0.2, -0.15) is 4.57 Å². The molecule has 238 valence electrons. The fourth-order valence-electron chi connectivity index (χ4n) is 5.94. The Labute approximate surface area is 273 Å². The highest BCUT2D eigenvalue weighted by Gasteiger charge is 2.41. The van der Waals surface area contributed by atoms with E-state index >= 15 is 0 Å². The molecule has 5 rings (SSSR count). The van der Waals surface area contributed by atoms with Crippen LogP contribution in [0.3, 0.4) is 0 Å². The summed E-state index contributed by atoms with van der Waals surface area (Å²) in [4.78, 5) is 18.6. The minimum atomic E-state index is -0.427. The van der Waals surface area contributed by atoms with E-state index in [1.54, 1.807) is 47.2 Å². The minimum Gasteiger partial charge on any atom is -0.508 e. The lowest BCUT2D eigenvalue weighted by Crippen LogP contribution is -2.44. The van der Waals surface area contributed by atoms with Crippen molar-refractivity contribution in [3.05, 3.63) is 101 Å². The van der Waals surface area contributed by atoms with E-state index in [4.69, 9.17) is 4.98 Å². The summed E-state index contributed by atoms with van der Waals surface area (Å²) in [7, 11) is 0. The Morgan fingerprint density at radius 1 is 0.761 bits per heavy atom. The molecule has 1 aliphatic heterocycles. The van der Waals surface area contributed by atoms with Crippen molar-refractivity contribution < 1.29 is 19.6 Å². The fraction of sp³-hybridized carbons (Fsp3) is 0.375. The van der Waals surface area contributed by atoms with E-state index in [0.717, 1.165) is 40.8 Å². The van der Waals surface area contributed by atoms with Gasteiger partial charge in [-0.05, 0) is 66.1 Å². The van der Waals surface area contributed by atoms with Crippen LogP contribution < -0.4 is 9.88 Å². The number of phenolic OH excluding ortho intramolecular Hbond substituents is 2. The van der Waals surface area contributed by atoms with Crippen LogP contribution in [0.5, 0.6) is 11.5 Å². The fourth-order valence-corrected chi connectivity index (χ4v) is 5.94. The summed E-state index contributed by atoms with van der Waals surface area (Å²) in [5.74, 6) is 7.65. The van der Waals surface area contributed by atoms with Gasteiger partial charge in [-0.1, -0.05) is 101 Å².